The van der Waals surface area contributed by atoms with Gasteiger partial charge in [-0.15, -0.1) is 0 Å². The average molecular weight is 272 g/mol. The molecule has 0 bridgehead atoms. The largest absolute Gasteiger partial charge is 0.505 e. The van der Waals surface area contributed by atoms with Crippen molar-refractivity contribution >= 4 is 11.9 Å². The number of hydrogen-bond donors (Lipinski definition) is 1. The molecule has 0 fully saturated rings. The molecule has 0 saturated heterocycles. The van der Waals surface area contributed by atoms with E-state index in [9.17, 15) is 9.59 Å². The number of Topliss-reactive ketones (excluding diaryl/α,β-unsaturated/α-hetero) is 1. The standard InChI is InChI=1S/C15H28O4/c1-2-3-4-5-6-7-8-9-10-11-14(16)12-13-19-15(17)18/h2-13H2,1H3,(H,17,18). The molecule has 0 aliphatic heterocycles. The zero-order chi connectivity index (χ0) is 14.3. The molecular weight excluding hydrogens is 244 g/mol. The fraction of sp³-hybridized carbons (Fsp3) is 0.867. The highest BCUT2D eigenvalue weighted by atomic mass is 16.7. The van der Waals surface area contributed by atoms with Crippen molar-refractivity contribution in [2.24, 2.45) is 0 Å². The third kappa shape index (κ3) is 14.9. The van der Waals surface area contributed by atoms with E-state index < -0.39 is 6.16 Å². The number of rotatable bonds is 13. The normalized spacial score (nSPS) is 10.4. The molecule has 0 rings (SSSR count). The molecule has 19 heavy (non-hydrogen) atoms. The second-order valence-electron chi connectivity index (χ2n) is 4.98. The molecular formula is C15H28O4. The maximum Gasteiger partial charge on any atom is 0.505 e. The molecule has 0 aliphatic rings. The third-order valence-corrected chi connectivity index (χ3v) is 3.17. The van der Waals surface area contributed by atoms with Gasteiger partial charge in [-0.2, -0.15) is 0 Å². The van der Waals surface area contributed by atoms with Gasteiger partial charge in [0.25, 0.3) is 0 Å². The summed E-state index contributed by atoms with van der Waals surface area (Å²) in [4.78, 5) is 21.4. The lowest BCUT2D eigenvalue weighted by molar-refractivity contribution is -0.119. The Balaban J connectivity index is 3.16. The van der Waals surface area contributed by atoms with Gasteiger partial charge in [0, 0.05) is 12.8 Å². The molecule has 0 aliphatic carbocycles. The molecule has 0 radical (unpaired) electrons. The van der Waals surface area contributed by atoms with Crippen LogP contribution in [0.1, 0.15) is 77.6 Å². The maximum absolute atomic E-state index is 11.4. The van der Waals surface area contributed by atoms with Crippen molar-refractivity contribution in [3.05, 3.63) is 0 Å². The first kappa shape index (κ1) is 17.9. The molecule has 0 aromatic rings. The number of ether oxygens (including phenoxy) is 1. The Morgan fingerprint density at radius 1 is 0.842 bits per heavy atom. The molecule has 0 unspecified atom stereocenters. The molecule has 0 amide bonds. The van der Waals surface area contributed by atoms with Crippen LogP contribution in [0, 0.1) is 0 Å². The molecule has 4 nitrogen and oxygen atoms in total. The molecule has 0 saturated carbocycles. The summed E-state index contributed by atoms with van der Waals surface area (Å²) in [6, 6.07) is 0. The van der Waals surface area contributed by atoms with E-state index in [1.54, 1.807) is 0 Å². The van der Waals surface area contributed by atoms with Crippen molar-refractivity contribution in [3.8, 4) is 0 Å². The van der Waals surface area contributed by atoms with E-state index in [-0.39, 0.29) is 18.8 Å². The lowest BCUT2D eigenvalue weighted by Crippen LogP contribution is -2.07. The first-order valence-corrected chi connectivity index (χ1v) is 7.54. The molecule has 0 heterocycles. The van der Waals surface area contributed by atoms with Crippen LogP contribution in [0.3, 0.4) is 0 Å². The number of carboxylic acid groups (broad SMARTS) is 1. The topological polar surface area (TPSA) is 63.6 Å². The van der Waals surface area contributed by atoms with Crippen LogP contribution in [0.25, 0.3) is 0 Å². The Morgan fingerprint density at radius 3 is 1.89 bits per heavy atom. The number of carbonyl (C=O) groups excluding carboxylic acids is 1. The highest BCUT2D eigenvalue weighted by Crippen LogP contribution is 2.10. The lowest BCUT2D eigenvalue weighted by Gasteiger charge is -2.02. The Labute approximate surface area is 116 Å². The van der Waals surface area contributed by atoms with Crippen molar-refractivity contribution in [1.82, 2.24) is 0 Å². The van der Waals surface area contributed by atoms with Gasteiger partial charge in [0.15, 0.2) is 0 Å². The Kier molecular flexibility index (Phi) is 12.6. The van der Waals surface area contributed by atoms with Gasteiger partial charge < -0.3 is 9.84 Å². The van der Waals surface area contributed by atoms with Gasteiger partial charge in [-0.3, -0.25) is 4.79 Å². The van der Waals surface area contributed by atoms with Crippen LogP contribution >= 0.6 is 0 Å². The van der Waals surface area contributed by atoms with Crippen LogP contribution in [0.4, 0.5) is 4.79 Å². The Bertz CT molecular complexity index is 238. The first-order chi connectivity index (χ1) is 9.16. The minimum atomic E-state index is -1.31. The van der Waals surface area contributed by atoms with E-state index >= 15 is 0 Å². The van der Waals surface area contributed by atoms with E-state index in [0.29, 0.717) is 6.42 Å². The van der Waals surface area contributed by atoms with E-state index in [2.05, 4.69) is 11.7 Å². The Hall–Kier alpha value is -1.06. The van der Waals surface area contributed by atoms with Crippen LogP contribution in [-0.4, -0.2) is 23.7 Å². The van der Waals surface area contributed by atoms with Gasteiger partial charge in [-0.1, -0.05) is 58.3 Å². The monoisotopic (exact) mass is 272 g/mol. The minimum Gasteiger partial charge on any atom is -0.450 e. The van der Waals surface area contributed by atoms with Crippen molar-refractivity contribution in [2.75, 3.05) is 6.61 Å². The highest BCUT2D eigenvalue weighted by Gasteiger charge is 2.04. The molecule has 1 N–H and O–H groups in total. The third-order valence-electron chi connectivity index (χ3n) is 3.17. The summed E-state index contributed by atoms with van der Waals surface area (Å²) in [5, 5.41) is 8.24. The van der Waals surface area contributed by atoms with Gasteiger partial charge >= 0.3 is 6.16 Å². The summed E-state index contributed by atoms with van der Waals surface area (Å²) >= 11 is 0. The predicted molar refractivity (Wildman–Crippen MR) is 75.4 cm³/mol. The molecule has 4 heteroatoms. The van der Waals surface area contributed by atoms with Crippen LogP contribution in [-0.2, 0) is 9.53 Å². The minimum absolute atomic E-state index is 0.00834. The SMILES string of the molecule is CCCCCCCCCCCC(=O)CCOC(=O)O. The fourth-order valence-corrected chi connectivity index (χ4v) is 2.01. The molecule has 0 atom stereocenters. The second kappa shape index (κ2) is 13.4. The zero-order valence-electron chi connectivity index (χ0n) is 12.2. The van der Waals surface area contributed by atoms with E-state index in [0.717, 1.165) is 12.8 Å². The summed E-state index contributed by atoms with van der Waals surface area (Å²) < 4.78 is 4.30. The average Bonchev–Trinajstić information content (AvgIpc) is 2.36. The van der Waals surface area contributed by atoms with Gasteiger partial charge in [-0.25, -0.2) is 4.79 Å². The van der Waals surface area contributed by atoms with Gasteiger partial charge in [-0.05, 0) is 6.42 Å². The number of unbranched alkanes of at least 4 members (excludes halogenated alkanes) is 8. The molecule has 112 valence electrons. The van der Waals surface area contributed by atoms with E-state index in [1.165, 1.54) is 44.9 Å². The maximum atomic E-state index is 11.4. The smallest absolute Gasteiger partial charge is 0.450 e. The molecule has 0 aromatic heterocycles. The highest BCUT2D eigenvalue weighted by molar-refractivity contribution is 5.78. The number of carbonyl (C=O) groups is 2. The van der Waals surface area contributed by atoms with Crippen LogP contribution in [0.5, 0.6) is 0 Å². The van der Waals surface area contributed by atoms with Crippen LogP contribution in [0.2, 0.25) is 0 Å². The summed E-state index contributed by atoms with van der Waals surface area (Å²) in [5.41, 5.74) is 0. The lowest BCUT2D eigenvalue weighted by atomic mass is 10.0. The van der Waals surface area contributed by atoms with Gasteiger partial charge in [0.1, 0.15) is 12.4 Å². The summed E-state index contributed by atoms with van der Waals surface area (Å²) in [6.07, 6.45) is 10.5. The van der Waals surface area contributed by atoms with E-state index in [1.807, 2.05) is 0 Å². The summed E-state index contributed by atoms with van der Waals surface area (Å²) in [7, 11) is 0. The number of hydrogen-bond acceptors (Lipinski definition) is 3. The first-order valence-electron chi connectivity index (χ1n) is 7.54. The second-order valence-corrected chi connectivity index (χ2v) is 4.98. The van der Waals surface area contributed by atoms with Crippen LogP contribution < -0.4 is 0 Å². The van der Waals surface area contributed by atoms with Crippen molar-refractivity contribution in [1.29, 1.82) is 0 Å². The Morgan fingerprint density at radius 2 is 1.37 bits per heavy atom. The van der Waals surface area contributed by atoms with Crippen molar-refractivity contribution < 1.29 is 19.4 Å². The van der Waals surface area contributed by atoms with Crippen molar-refractivity contribution in [2.45, 2.75) is 77.6 Å². The summed E-state index contributed by atoms with van der Waals surface area (Å²) in [5.74, 6) is 0.101. The number of ketones is 1. The van der Waals surface area contributed by atoms with Gasteiger partial charge in [0.2, 0.25) is 0 Å². The van der Waals surface area contributed by atoms with Gasteiger partial charge in [0.05, 0.1) is 0 Å². The van der Waals surface area contributed by atoms with E-state index in [4.69, 9.17) is 5.11 Å². The zero-order valence-corrected chi connectivity index (χ0v) is 12.2. The quantitative estimate of drug-likeness (QED) is 0.394. The van der Waals surface area contributed by atoms with Crippen molar-refractivity contribution in [3.63, 3.8) is 0 Å². The predicted octanol–water partition coefficient (Wildman–Crippen LogP) is 4.56. The summed E-state index contributed by atoms with van der Waals surface area (Å²) in [6.45, 7) is 2.21. The molecule has 0 aromatic carbocycles. The fourth-order valence-electron chi connectivity index (χ4n) is 2.01. The van der Waals surface area contributed by atoms with Crippen LogP contribution in [0.15, 0.2) is 0 Å². The molecule has 0 spiro atoms.